The van der Waals surface area contributed by atoms with E-state index in [0.29, 0.717) is 23.2 Å². The van der Waals surface area contributed by atoms with Gasteiger partial charge < -0.3 is 9.47 Å². The van der Waals surface area contributed by atoms with Crippen molar-refractivity contribution in [3.63, 3.8) is 0 Å². The Balaban J connectivity index is 1.81. The highest BCUT2D eigenvalue weighted by atomic mass is 16.7. The molecule has 0 aromatic rings. The van der Waals surface area contributed by atoms with Crippen LogP contribution in [-0.2, 0) is 14.3 Å². The highest BCUT2D eigenvalue weighted by Crippen LogP contribution is 2.61. The van der Waals surface area contributed by atoms with Crippen LogP contribution in [0, 0.1) is 22.7 Å². The lowest BCUT2D eigenvalue weighted by atomic mass is 9.47. The molecule has 0 amide bonds. The Morgan fingerprint density at radius 3 is 2.75 bits per heavy atom. The van der Waals surface area contributed by atoms with Crippen LogP contribution in [0.25, 0.3) is 0 Å². The first-order valence-electron chi connectivity index (χ1n) is 9.38. The number of hydrogen-bond acceptors (Lipinski definition) is 3. The molecule has 3 heteroatoms. The molecule has 24 heavy (non-hydrogen) atoms. The van der Waals surface area contributed by atoms with Gasteiger partial charge in [-0.3, -0.25) is 0 Å². The average molecular weight is 332 g/mol. The highest BCUT2D eigenvalue weighted by Gasteiger charge is 2.52. The second-order valence-electron chi connectivity index (χ2n) is 8.89. The van der Waals surface area contributed by atoms with Gasteiger partial charge >= 0.3 is 5.97 Å². The maximum absolute atomic E-state index is 12.0. The molecule has 0 aromatic carbocycles. The first-order valence-corrected chi connectivity index (χ1v) is 9.38. The Morgan fingerprint density at radius 1 is 1.33 bits per heavy atom. The smallest absolute Gasteiger partial charge is 0.336 e. The van der Waals surface area contributed by atoms with E-state index in [1.807, 2.05) is 0 Å². The number of rotatable bonds is 3. The third-order valence-corrected chi connectivity index (χ3v) is 7.07. The van der Waals surface area contributed by atoms with E-state index in [0.717, 1.165) is 24.3 Å². The molecule has 134 valence electrons. The molecule has 1 aliphatic heterocycles. The summed E-state index contributed by atoms with van der Waals surface area (Å²) >= 11 is 0. The zero-order valence-corrected chi connectivity index (χ0v) is 15.7. The van der Waals surface area contributed by atoms with Crippen LogP contribution in [0.1, 0.15) is 65.7 Å². The molecule has 3 aliphatic rings. The fourth-order valence-electron chi connectivity index (χ4n) is 5.77. The van der Waals surface area contributed by atoms with E-state index in [-0.39, 0.29) is 5.97 Å². The molecule has 0 radical (unpaired) electrons. The summed E-state index contributed by atoms with van der Waals surface area (Å²) in [4.78, 5) is 12.0. The molecule has 0 spiro atoms. The quantitative estimate of drug-likeness (QED) is 0.413. The summed E-state index contributed by atoms with van der Waals surface area (Å²) in [6.07, 6.45) is 9.47. The van der Waals surface area contributed by atoms with Crippen LogP contribution < -0.4 is 0 Å². The second kappa shape index (κ2) is 6.33. The predicted molar refractivity (Wildman–Crippen MR) is 95.3 cm³/mol. The van der Waals surface area contributed by atoms with Gasteiger partial charge in [0.25, 0.3) is 0 Å². The molecule has 0 aromatic heterocycles. The van der Waals surface area contributed by atoms with E-state index in [2.05, 4.69) is 33.4 Å². The van der Waals surface area contributed by atoms with Gasteiger partial charge in [0.2, 0.25) is 6.29 Å². The van der Waals surface area contributed by atoms with Gasteiger partial charge in [0.1, 0.15) is 0 Å². The molecule has 3 nitrogen and oxygen atoms in total. The summed E-state index contributed by atoms with van der Waals surface area (Å²) in [6, 6.07) is 0. The summed E-state index contributed by atoms with van der Waals surface area (Å²) in [6.45, 7) is 11.8. The Labute approximate surface area is 146 Å². The minimum atomic E-state index is -0.407. The molecule has 3 fully saturated rings. The zero-order valence-electron chi connectivity index (χ0n) is 15.7. The maximum Gasteiger partial charge on any atom is 0.336 e. The number of methoxy groups -OCH3 is 1. The molecule has 3 rings (SSSR count). The number of cyclic esters (lactones) is 1. The van der Waals surface area contributed by atoms with Gasteiger partial charge in [-0.25, -0.2) is 4.79 Å². The van der Waals surface area contributed by atoms with Gasteiger partial charge in [0.15, 0.2) is 0 Å². The van der Waals surface area contributed by atoms with Crippen LogP contribution >= 0.6 is 0 Å². The van der Waals surface area contributed by atoms with Crippen molar-refractivity contribution in [2.24, 2.45) is 22.7 Å². The van der Waals surface area contributed by atoms with Crippen LogP contribution in [0.3, 0.4) is 0 Å². The fraction of sp³-hybridized carbons (Fsp3) is 0.762. The van der Waals surface area contributed by atoms with Crippen molar-refractivity contribution in [2.45, 2.75) is 72.0 Å². The summed E-state index contributed by atoms with van der Waals surface area (Å²) in [5.74, 6) is 1.00. The summed E-state index contributed by atoms with van der Waals surface area (Å²) in [5.41, 5.74) is 2.86. The van der Waals surface area contributed by atoms with Crippen molar-refractivity contribution < 1.29 is 14.3 Å². The minimum absolute atomic E-state index is 0.214. The molecule has 0 bridgehead atoms. The van der Waals surface area contributed by atoms with Crippen LogP contribution in [0.15, 0.2) is 23.8 Å². The number of esters is 1. The number of allylic oxidation sites excluding steroid dienone is 2. The molecule has 2 aliphatic carbocycles. The Hall–Kier alpha value is -1.09. The van der Waals surface area contributed by atoms with E-state index in [9.17, 15) is 4.79 Å². The first-order chi connectivity index (χ1) is 11.3. The molecule has 1 heterocycles. The van der Waals surface area contributed by atoms with Crippen molar-refractivity contribution in [3.05, 3.63) is 23.8 Å². The van der Waals surface area contributed by atoms with Gasteiger partial charge in [-0.15, -0.1) is 0 Å². The fourth-order valence-corrected chi connectivity index (χ4v) is 5.77. The lowest BCUT2D eigenvalue weighted by molar-refractivity contribution is -0.156. The van der Waals surface area contributed by atoms with Crippen LogP contribution in [0.5, 0.6) is 0 Å². The van der Waals surface area contributed by atoms with Crippen molar-refractivity contribution in [2.75, 3.05) is 7.11 Å². The molecule has 1 unspecified atom stereocenters. The average Bonchev–Trinajstić information content (AvgIpc) is 2.86. The van der Waals surface area contributed by atoms with Crippen molar-refractivity contribution >= 4 is 5.97 Å². The first kappa shape index (κ1) is 17.7. The molecule has 4 atom stereocenters. The molecule has 0 N–H and O–H groups in total. The third-order valence-electron chi connectivity index (χ3n) is 7.07. The van der Waals surface area contributed by atoms with Gasteiger partial charge in [0.05, 0.1) is 0 Å². The van der Waals surface area contributed by atoms with Crippen molar-refractivity contribution in [1.29, 1.82) is 0 Å². The lowest BCUT2D eigenvalue weighted by Crippen LogP contribution is -2.49. The normalized spacial score (nSPS) is 40.5. The largest absolute Gasteiger partial charge is 0.432 e. The molecular weight excluding hydrogens is 300 g/mol. The van der Waals surface area contributed by atoms with Gasteiger partial charge in [0, 0.05) is 19.1 Å². The number of hydrogen-bond donors (Lipinski definition) is 0. The van der Waals surface area contributed by atoms with Crippen LogP contribution in [0.2, 0.25) is 0 Å². The standard InChI is InChI=1S/C21H32O3/c1-14-7-10-17-20(2,3)11-6-12-21(17,4)16(14)9-8-15-13-18(23-5)24-19(15)22/h8,16-18H,1,6-7,9-13H2,2-5H3/b15-8+/t16-,17-,18?,21+/m1/s1. The van der Waals surface area contributed by atoms with E-state index >= 15 is 0 Å². The summed E-state index contributed by atoms with van der Waals surface area (Å²) in [5, 5.41) is 0. The van der Waals surface area contributed by atoms with Gasteiger partial charge in [-0.1, -0.05) is 45.4 Å². The van der Waals surface area contributed by atoms with E-state index in [1.54, 1.807) is 7.11 Å². The summed E-state index contributed by atoms with van der Waals surface area (Å²) in [7, 11) is 1.58. The highest BCUT2D eigenvalue weighted by molar-refractivity contribution is 5.90. The van der Waals surface area contributed by atoms with Crippen molar-refractivity contribution in [3.8, 4) is 0 Å². The van der Waals surface area contributed by atoms with E-state index < -0.39 is 6.29 Å². The molecule has 2 saturated carbocycles. The number of ether oxygens (including phenoxy) is 2. The van der Waals surface area contributed by atoms with E-state index in [1.165, 1.54) is 31.3 Å². The van der Waals surface area contributed by atoms with Gasteiger partial charge in [-0.05, 0) is 54.8 Å². The molecule has 1 saturated heterocycles. The Morgan fingerprint density at radius 2 is 2.08 bits per heavy atom. The third kappa shape index (κ3) is 2.96. The SMILES string of the molecule is C=C1CC[C@@H]2C(C)(C)CCC[C@@]2(C)[C@@H]1C/C=C1\CC(OC)OC1=O. The molecular formula is C21H32O3. The van der Waals surface area contributed by atoms with Gasteiger partial charge in [-0.2, -0.15) is 0 Å². The Kier molecular flexibility index (Phi) is 4.67. The Bertz CT molecular complexity index is 559. The second-order valence-corrected chi connectivity index (χ2v) is 8.89. The van der Waals surface area contributed by atoms with Crippen LogP contribution in [-0.4, -0.2) is 19.4 Å². The number of carbonyl (C=O) groups is 1. The maximum atomic E-state index is 12.0. The monoisotopic (exact) mass is 332 g/mol. The number of carbonyl (C=O) groups excluding carboxylic acids is 1. The lowest BCUT2D eigenvalue weighted by Gasteiger charge is -2.58. The zero-order chi connectivity index (χ0) is 17.5. The summed E-state index contributed by atoms with van der Waals surface area (Å²) < 4.78 is 10.4. The van der Waals surface area contributed by atoms with Crippen LogP contribution in [0.4, 0.5) is 0 Å². The van der Waals surface area contributed by atoms with E-state index in [4.69, 9.17) is 9.47 Å². The van der Waals surface area contributed by atoms with Crippen molar-refractivity contribution in [1.82, 2.24) is 0 Å². The minimum Gasteiger partial charge on any atom is -0.432 e. The predicted octanol–water partition coefficient (Wildman–Crippen LogP) is 5.02. The number of fused-ring (bicyclic) bond motifs is 1. The topological polar surface area (TPSA) is 35.5 Å².